The molecule has 1 rings (SSSR count). The van der Waals surface area contributed by atoms with E-state index in [1.54, 1.807) is 0 Å². The summed E-state index contributed by atoms with van der Waals surface area (Å²) in [6.45, 7) is 6.77. The number of carbonyl (C=O) groups excluding carboxylic acids is 1. The van der Waals surface area contributed by atoms with E-state index in [0.29, 0.717) is 12.5 Å². The van der Waals surface area contributed by atoms with E-state index in [-0.39, 0.29) is 17.7 Å². The van der Waals surface area contributed by atoms with Crippen LogP contribution in [0.2, 0.25) is 0 Å². The second kappa shape index (κ2) is 6.73. The number of hydrogen-bond acceptors (Lipinski definition) is 3. The highest BCUT2D eigenvalue weighted by Gasteiger charge is 2.28. The molecular weight excluding hydrogens is 232 g/mol. The van der Waals surface area contributed by atoms with Crippen LogP contribution in [-0.4, -0.2) is 35.6 Å². The molecule has 1 amide bonds. The maximum atomic E-state index is 12.0. The first-order chi connectivity index (χ1) is 8.40. The molecule has 3 N–H and O–H groups in total. The molecule has 5 heteroatoms. The van der Waals surface area contributed by atoms with Crippen molar-refractivity contribution in [1.29, 1.82) is 0 Å². The van der Waals surface area contributed by atoms with Crippen LogP contribution in [0, 0.1) is 11.8 Å². The summed E-state index contributed by atoms with van der Waals surface area (Å²) in [7, 11) is 0. The van der Waals surface area contributed by atoms with Crippen LogP contribution in [0.3, 0.4) is 0 Å². The zero-order valence-corrected chi connectivity index (χ0v) is 11.4. The molecule has 1 saturated heterocycles. The van der Waals surface area contributed by atoms with Crippen LogP contribution in [0.5, 0.6) is 0 Å². The van der Waals surface area contributed by atoms with E-state index < -0.39 is 12.0 Å². The fourth-order valence-corrected chi connectivity index (χ4v) is 2.35. The highest BCUT2D eigenvalue weighted by molar-refractivity contribution is 5.85. The van der Waals surface area contributed by atoms with Crippen molar-refractivity contribution < 1.29 is 14.7 Å². The Balaban J connectivity index is 2.52. The van der Waals surface area contributed by atoms with E-state index in [4.69, 9.17) is 5.11 Å². The third kappa shape index (κ3) is 4.64. The van der Waals surface area contributed by atoms with Gasteiger partial charge < -0.3 is 15.7 Å². The number of carboxylic acid groups (broad SMARTS) is 1. The molecule has 0 aliphatic carbocycles. The standard InChI is InChI=1S/C13H24N2O3/c1-8(2)6-11(13(17)18)15-12(16)10-4-5-14-9(3)7-10/h8-11,14H,4-7H2,1-3H3,(H,15,16)(H,17,18)/t9?,10?,11-/m0/s1. The largest absolute Gasteiger partial charge is 0.480 e. The summed E-state index contributed by atoms with van der Waals surface area (Å²) >= 11 is 0. The van der Waals surface area contributed by atoms with Crippen LogP contribution >= 0.6 is 0 Å². The second-order valence-electron chi connectivity index (χ2n) is 5.61. The third-order valence-electron chi connectivity index (χ3n) is 3.32. The molecule has 0 aromatic carbocycles. The Morgan fingerprint density at radius 3 is 2.61 bits per heavy atom. The number of aliphatic carboxylic acids is 1. The van der Waals surface area contributed by atoms with Crippen LogP contribution in [0.1, 0.15) is 40.0 Å². The molecule has 1 aliphatic heterocycles. The zero-order valence-electron chi connectivity index (χ0n) is 11.4. The van der Waals surface area contributed by atoms with Gasteiger partial charge in [0.1, 0.15) is 6.04 Å². The lowest BCUT2D eigenvalue weighted by Crippen LogP contribution is -2.48. The zero-order chi connectivity index (χ0) is 13.7. The second-order valence-corrected chi connectivity index (χ2v) is 5.61. The van der Waals surface area contributed by atoms with Crippen LogP contribution < -0.4 is 10.6 Å². The monoisotopic (exact) mass is 256 g/mol. The van der Waals surface area contributed by atoms with Crippen molar-refractivity contribution in [3.8, 4) is 0 Å². The quantitative estimate of drug-likeness (QED) is 0.685. The lowest BCUT2D eigenvalue weighted by molar-refractivity contribution is -0.143. The Labute approximate surface area is 108 Å². The molecule has 1 fully saturated rings. The predicted octanol–water partition coefficient (Wildman–Crippen LogP) is 0.990. The summed E-state index contributed by atoms with van der Waals surface area (Å²) in [5, 5.41) is 15.0. The summed E-state index contributed by atoms with van der Waals surface area (Å²) in [6.07, 6.45) is 2.03. The normalized spacial score (nSPS) is 25.8. The van der Waals surface area contributed by atoms with Gasteiger partial charge in [0, 0.05) is 12.0 Å². The third-order valence-corrected chi connectivity index (χ3v) is 3.32. The molecule has 2 unspecified atom stereocenters. The summed E-state index contributed by atoms with van der Waals surface area (Å²) in [6, 6.07) is -0.439. The lowest BCUT2D eigenvalue weighted by Gasteiger charge is -2.28. The number of hydrogen-bond donors (Lipinski definition) is 3. The van der Waals surface area contributed by atoms with E-state index in [1.807, 2.05) is 20.8 Å². The summed E-state index contributed by atoms with van der Waals surface area (Å²) in [5.41, 5.74) is 0. The molecule has 5 nitrogen and oxygen atoms in total. The minimum absolute atomic E-state index is 0.0599. The molecule has 3 atom stereocenters. The number of rotatable bonds is 5. The summed E-state index contributed by atoms with van der Waals surface area (Å²) in [5.74, 6) is -0.871. The minimum Gasteiger partial charge on any atom is -0.480 e. The van der Waals surface area contributed by atoms with Gasteiger partial charge in [-0.25, -0.2) is 4.79 Å². The highest BCUT2D eigenvalue weighted by Crippen LogP contribution is 2.17. The Morgan fingerprint density at radius 1 is 1.44 bits per heavy atom. The van der Waals surface area contributed by atoms with Crippen molar-refractivity contribution in [2.24, 2.45) is 11.8 Å². The van der Waals surface area contributed by atoms with E-state index in [0.717, 1.165) is 19.4 Å². The van der Waals surface area contributed by atoms with Gasteiger partial charge >= 0.3 is 5.97 Å². The van der Waals surface area contributed by atoms with E-state index in [2.05, 4.69) is 10.6 Å². The Kier molecular flexibility index (Phi) is 5.59. The van der Waals surface area contributed by atoms with E-state index in [9.17, 15) is 9.59 Å². The van der Waals surface area contributed by atoms with Gasteiger partial charge in [-0.1, -0.05) is 13.8 Å². The molecule has 0 bridgehead atoms. The number of carboxylic acids is 1. The average Bonchev–Trinajstić information content (AvgIpc) is 2.27. The maximum Gasteiger partial charge on any atom is 0.326 e. The van der Waals surface area contributed by atoms with Crippen LogP contribution in [0.15, 0.2) is 0 Å². The molecule has 0 spiro atoms. The number of nitrogens with one attached hydrogen (secondary N) is 2. The van der Waals surface area contributed by atoms with Crippen molar-refractivity contribution >= 4 is 11.9 Å². The highest BCUT2D eigenvalue weighted by atomic mass is 16.4. The Morgan fingerprint density at radius 2 is 2.11 bits per heavy atom. The summed E-state index contributed by atoms with van der Waals surface area (Å²) < 4.78 is 0. The number of carbonyl (C=O) groups is 2. The summed E-state index contributed by atoms with van der Waals surface area (Å²) in [4.78, 5) is 23.1. The maximum absolute atomic E-state index is 12.0. The average molecular weight is 256 g/mol. The molecule has 18 heavy (non-hydrogen) atoms. The van der Waals surface area contributed by atoms with Crippen LogP contribution in [0.4, 0.5) is 0 Å². The Hall–Kier alpha value is -1.10. The molecule has 0 aromatic rings. The van der Waals surface area contributed by atoms with E-state index >= 15 is 0 Å². The van der Waals surface area contributed by atoms with Crippen molar-refractivity contribution in [3.63, 3.8) is 0 Å². The first-order valence-corrected chi connectivity index (χ1v) is 6.66. The van der Waals surface area contributed by atoms with Gasteiger partial charge in [-0.2, -0.15) is 0 Å². The minimum atomic E-state index is -0.945. The topological polar surface area (TPSA) is 78.4 Å². The first-order valence-electron chi connectivity index (χ1n) is 6.66. The molecule has 0 radical (unpaired) electrons. The van der Waals surface area contributed by atoms with Gasteiger partial charge in [0.25, 0.3) is 0 Å². The molecular formula is C13H24N2O3. The molecule has 104 valence electrons. The van der Waals surface area contributed by atoms with Gasteiger partial charge in [-0.05, 0) is 38.6 Å². The van der Waals surface area contributed by atoms with Gasteiger partial charge in [0.15, 0.2) is 0 Å². The molecule has 1 heterocycles. The SMILES string of the molecule is CC(C)C[C@H](NC(=O)C1CCNC(C)C1)C(=O)O. The fourth-order valence-electron chi connectivity index (χ4n) is 2.35. The Bertz CT molecular complexity index is 305. The fraction of sp³-hybridized carbons (Fsp3) is 0.846. The molecule has 0 aromatic heterocycles. The predicted molar refractivity (Wildman–Crippen MR) is 69.2 cm³/mol. The van der Waals surface area contributed by atoms with Crippen LogP contribution in [0.25, 0.3) is 0 Å². The van der Waals surface area contributed by atoms with Crippen molar-refractivity contribution in [2.75, 3.05) is 6.54 Å². The molecule has 1 aliphatic rings. The van der Waals surface area contributed by atoms with Gasteiger partial charge in [0.05, 0.1) is 0 Å². The van der Waals surface area contributed by atoms with Crippen LogP contribution in [-0.2, 0) is 9.59 Å². The van der Waals surface area contributed by atoms with Gasteiger partial charge in [-0.3, -0.25) is 4.79 Å². The van der Waals surface area contributed by atoms with Gasteiger partial charge in [0.2, 0.25) is 5.91 Å². The lowest BCUT2D eigenvalue weighted by atomic mass is 9.92. The number of amides is 1. The van der Waals surface area contributed by atoms with Gasteiger partial charge in [-0.15, -0.1) is 0 Å². The van der Waals surface area contributed by atoms with E-state index in [1.165, 1.54) is 0 Å². The van der Waals surface area contributed by atoms with Crippen molar-refractivity contribution in [1.82, 2.24) is 10.6 Å². The first kappa shape index (κ1) is 15.0. The smallest absolute Gasteiger partial charge is 0.326 e. The number of piperidine rings is 1. The van der Waals surface area contributed by atoms with Crippen molar-refractivity contribution in [3.05, 3.63) is 0 Å². The van der Waals surface area contributed by atoms with Crippen molar-refractivity contribution in [2.45, 2.75) is 52.1 Å². The molecule has 0 saturated carbocycles.